The Morgan fingerprint density at radius 3 is 2.62 bits per heavy atom. The summed E-state index contributed by atoms with van der Waals surface area (Å²) in [7, 11) is 3.80. The predicted octanol–water partition coefficient (Wildman–Crippen LogP) is 4.54. The van der Waals surface area contributed by atoms with Gasteiger partial charge in [0.25, 0.3) is 5.91 Å². The standard InChI is InChI=1S/C27H26F2N4O/c1-31-12-6-11-27(31)21-8-3-4-10-25(21)33(26(27)34)16-20-22(28)13-17(14-23(20)29)18-7-5-9-24-19(18)15-32(2)30-24/h3-4,7-8,10,13-15H,5-6,9,11-12,16H2,1-2H3. The number of carbonyl (C=O) groups excluding carboxylic acids is 1. The third-order valence-corrected chi connectivity index (χ3v) is 7.62. The lowest BCUT2D eigenvalue weighted by molar-refractivity contribution is -0.127. The molecule has 3 aliphatic rings. The van der Waals surface area contributed by atoms with E-state index in [1.165, 1.54) is 12.1 Å². The van der Waals surface area contributed by atoms with Crippen LogP contribution in [0.25, 0.3) is 5.57 Å². The number of fused-ring (bicyclic) bond motifs is 3. The number of likely N-dealkylation sites (N-methyl/N-ethyl adjacent to an activating group) is 1. The third kappa shape index (κ3) is 2.92. The molecule has 1 fully saturated rings. The topological polar surface area (TPSA) is 41.4 Å². The number of rotatable bonds is 3. The molecule has 1 amide bonds. The zero-order chi connectivity index (χ0) is 23.6. The summed E-state index contributed by atoms with van der Waals surface area (Å²) in [4.78, 5) is 17.3. The van der Waals surface area contributed by atoms with Crippen LogP contribution in [0.5, 0.6) is 0 Å². The largest absolute Gasteiger partial charge is 0.305 e. The molecule has 0 saturated carbocycles. The summed E-state index contributed by atoms with van der Waals surface area (Å²) in [6, 6.07) is 10.4. The van der Waals surface area contributed by atoms with Gasteiger partial charge in [0.05, 0.1) is 12.2 Å². The van der Waals surface area contributed by atoms with Crippen molar-refractivity contribution in [3.8, 4) is 0 Å². The van der Waals surface area contributed by atoms with E-state index in [0.29, 0.717) is 12.0 Å². The minimum atomic E-state index is -0.743. The maximum absolute atomic E-state index is 15.4. The molecule has 5 nitrogen and oxygen atoms in total. The number of benzene rings is 2. The molecule has 0 bridgehead atoms. The number of aryl methyl sites for hydroxylation is 2. The van der Waals surface area contributed by atoms with E-state index in [-0.39, 0.29) is 18.0 Å². The average molecular weight is 461 g/mol. The maximum Gasteiger partial charge on any atom is 0.252 e. The molecule has 34 heavy (non-hydrogen) atoms. The number of para-hydroxylation sites is 1. The Morgan fingerprint density at radius 1 is 1.12 bits per heavy atom. The number of carbonyl (C=O) groups is 1. The molecule has 0 radical (unpaired) electrons. The van der Waals surface area contributed by atoms with Crippen LogP contribution in [0, 0.1) is 11.6 Å². The molecule has 2 aliphatic heterocycles. The zero-order valence-corrected chi connectivity index (χ0v) is 19.3. The van der Waals surface area contributed by atoms with Gasteiger partial charge in [-0.3, -0.25) is 14.4 Å². The van der Waals surface area contributed by atoms with Crippen LogP contribution in [0.3, 0.4) is 0 Å². The van der Waals surface area contributed by atoms with Crippen molar-refractivity contribution in [1.29, 1.82) is 0 Å². The highest BCUT2D eigenvalue weighted by Gasteiger charge is 2.55. The lowest BCUT2D eigenvalue weighted by atomic mass is 9.89. The second-order valence-corrected chi connectivity index (χ2v) is 9.53. The minimum Gasteiger partial charge on any atom is -0.305 e. The first-order chi connectivity index (χ1) is 16.4. The molecule has 1 aliphatic carbocycles. The molecular weight excluding hydrogens is 434 g/mol. The van der Waals surface area contributed by atoms with Crippen molar-refractivity contribution in [2.24, 2.45) is 7.05 Å². The van der Waals surface area contributed by atoms with E-state index in [4.69, 9.17) is 0 Å². The summed E-state index contributed by atoms with van der Waals surface area (Å²) in [5.74, 6) is -1.39. The molecular formula is C27H26F2N4O. The number of allylic oxidation sites excluding steroid dienone is 1. The average Bonchev–Trinajstić information content (AvgIpc) is 3.46. The van der Waals surface area contributed by atoms with Gasteiger partial charge in [-0.25, -0.2) is 8.78 Å². The van der Waals surface area contributed by atoms with Crippen LogP contribution in [0.1, 0.15) is 47.2 Å². The zero-order valence-electron chi connectivity index (χ0n) is 19.3. The van der Waals surface area contributed by atoms with E-state index in [1.54, 1.807) is 9.58 Å². The highest BCUT2D eigenvalue weighted by atomic mass is 19.1. The number of amides is 1. The Kier molecular flexibility index (Phi) is 4.74. The minimum absolute atomic E-state index is 0.0903. The van der Waals surface area contributed by atoms with Crippen LogP contribution in [-0.4, -0.2) is 34.2 Å². The molecule has 3 heterocycles. The van der Waals surface area contributed by atoms with Crippen molar-refractivity contribution in [3.63, 3.8) is 0 Å². The lowest BCUT2D eigenvalue weighted by Crippen LogP contribution is -2.47. The fraction of sp³-hybridized carbons (Fsp3) is 0.333. The fourth-order valence-corrected chi connectivity index (χ4v) is 5.98. The summed E-state index contributed by atoms with van der Waals surface area (Å²) in [5.41, 5.74) is 3.97. The van der Waals surface area contributed by atoms with E-state index in [9.17, 15) is 4.79 Å². The van der Waals surface area contributed by atoms with Crippen molar-refractivity contribution in [2.45, 2.75) is 37.8 Å². The Bertz CT molecular complexity index is 1340. The molecule has 2 aromatic carbocycles. The van der Waals surface area contributed by atoms with Crippen molar-refractivity contribution in [2.75, 3.05) is 18.5 Å². The van der Waals surface area contributed by atoms with Gasteiger partial charge in [0.2, 0.25) is 0 Å². The quantitative estimate of drug-likeness (QED) is 0.576. The van der Waals surface area contributed by atoms with E-state index in [1.807, 2.05) is 50.6 Å². The highest BCUT2D eigenvalue weighted by molar-refractivity contribution is 6.08. The monoisotopic (exact) mass is 460 g/mol. The Labute approximate surface area is 197 Å². The van der Waals surface area contributed by atoms with Crippen LogP contribution in [-0.2, 0) is 30.3 Å². The molecule has 1 unspecified atom stereocenters. The molecule has 1 spiro atoms. The van der Waals surface area contributed by atoms with Crippen LogP contribution in [0.4, 0.5) is 14.5 Å². The number of likely N-dealkylation sites (tertiary alicyclic amines) is 1. The first-order valence-electron chi connectivity index (χ1n) is 11.7. The van der Waals surface area contributed by atoms with E-state index in [2.05, 4.69) is 10.00 Å². The summed E-state index contributed by atoms with van der Waals surface area (Å²) in [6.07, 6.45) is 7.11. The first kappa shape index (κ1) is 21.2. The van der Waals surface area contributed by atoms with Crippen LogP contribution < -0.4 is 4.90 Å². The molecule has 7 heteroatoms. The van der Waals surface area contributed by atoms with Crippen molar-refractivity contribution in [1.82, 2.24) is 14.7 Å². The van der Waals surface area contributed by atoms with Gasteiger partial charge in [0.15, 0.2) is 0 Å². The maximum atomic E-state index is 15.4. The van der Waals surface area contributed by atoms with Gasteiger partial charge in [-0.1, -0.05) is 24.3 Å². The molecule has 174 valence electrons. The van der Waals surface area contributed by atoms with Gasteiger partial charge >= 0.3 is 0 Å². The molecule has 0 N–H and O–H groups in total. The highest BCUT2D eigenvalue weighted by Crippen LogP contribution is 2.49. The fourth-order valence-electron chi connectivity index (χ4n) is 5.98. The number of halogens is 2. The SMILES string of the molecule is CN1CCCC12C(=O)N(Cc1c(F)cc(C3=CCCc4nn(C)cc43)cc1F)c1ccccc12. The van der Waals surface area contributed by atoms with Crippen molar-refractivity contribution >= 4 is 17.2 Å². The van der Waals surface area contributed by atoms with Crippen molar-refractivity contribution in [3.05, 3.63) is 88.3 Å². The van der Waals surface area contributed by atoms with Gasteiger partial charge in [-0.15, -0.1) is 0 Å². The summed E-state index contributed by atoms with van der Waals surface area (Å²) >= 11 is 0. The Morgan fingerprint density at radius 2 is 1.88 bits per heavy atom. The van der Waals surface area contributed by atoms with Gasteiger partial charge < -0.3 is 4.90 Å². The third-order valence-electron chi connectivity index (χ3n) is 7.62. The smallest absolute Gasteiger partial charge is 0.252 e. The number of aromatic nitrogens is 2. The first-order valence-corrected chi connectivity index (χ1v) is 11.7. The predicted molar refractivity (Wildman–Crippen MR) is 126 cm³/mol. The summed E-state index contributed by atoms with van der Waals surface area (Å²) < 4.78 is 32.6. The van der Waals surface area contributed by atoms with Gasteiger partial charge in [-0.2, -0.15) is 5.10 Å². The van der Waals surface area contributed by atoms with E-state index < -0.39 is 17.2 Å². The Hall–Kier alpha value is -3.32. The number of nitrogens with zero attached hydrogens (tertiary/aromatic N) is 4. The van der Waals surface area contributed by atoms with Crippen LogP contribution in [0.15, 0.2) is 48.7 Å². The second-order valence-electron chi connectivity index (χ2n) is 9.53. The van der Waals surface area contributed by atoms with Crippen LogP contribution >= 0.6 is 0 Å². The summed E-state index contributed by atoms with van der Waals surface area (Å²) in [6.45, 7) is 0.678. The lowest BCUT2D eigenvalue weighted by Gasteiger charge is -2.31. The second kappa shape index (κ2) is 7.60. The number of hydrogen-bond acceptors (Lipinski definition) is 3. The number of anilines is 1. The van der Waals surface area contributed by atoms with Crippen molar-refractivity contribution < 1.29 is 13.6 Å². The van der Waals surface area contributed by atoms with Gasteiger partial charge in [-0.05, 0) is 68.6 Å². The molecule has 3 aromatic rings. The van der Waals surface area contributed by atoms with E-state index >= 15 is 8.78 Å². The molecule has 1 saturated heterocycles. The summed E-state index contributed by atoms with van der Waals surface area (Å²) in [5, 5.41) is 4.47. The molecule has 1 aromatic heterocycles. The Balaban J connectivity index is 1.37. The normalized spacial score (nSPS) is 21.8. The number of hydrogen-bond donors (Lipinski definition) is 0. The molecule has 6 rings (SSSR count). The molecule has 1 atom stereocenters. The van der Waals surface area contributed by atoms with Crippen LogP contribution in [0.2, 0.25) is 0 Å². The van der Waals surface area contributed by atoms with Gasteiger partial charge in [0, 0.05) is 35.6 Å². The van der Waals surface area contributed by atoms with Gasteiger partial charge in [0.1, 0.15) is 17.2 Å². The van der Waals surface area contributed by atoms with E-state index in [0.717, 1.165) is 53.9 Å².